The Labute approximate surface area is 464 Å². The molecular weight excluding hydrogens is 903 g/mol. The number of aliphatic hydroxyl groups excluding tert-OH is 2. The predicted octanol–water partition coefficient (Wildman–Crippen LogP) is 22.7. The van der Waals surface area contributed by atoms with Crippen molar-refractivity contribution < 1.29 is 15.0 Å². The van der Waals surface area contributed by atoms with Gasteiger partial charge in [0.25, 0.3) is 0 Å². The minimum Gasteiger partial charge on any atom is -0.394 e. The molecule has 0 aromatic carbocycles. The first-order valence-corrected chi connectivity index (χ1v) is 33.5. The van der Waals surface area contributed by atoms with Crippen molar-refractivity contribution in [2.24, 2.45) is 0 Å². The Kier molecular flexibility index (Phi) is 63.7. The first-order valence-electron chi connectivity index (χ1n) is 33.5. The third-order valence-corrected chi connectivity index (χ3v) is 15.5. The van der Waals surface area contributed by atoms with Gasteiger partial charge < -0.3 is 15.5 Å². The second kappa shape index (κ2) is 65.4. The van der Waals surface area contributed by atoms with Crippen LogP contribution >= 0.6 is 0 Å². The summed E-state index contributed by atoms with van der Waals surface area (Å²) in [6.45, 7) is 4.24. The lowest BCUT2D eigenvalue weighted by Crippen LogP contribution is -2.45. The van der Waals surface area contributed by atoms with Crippen molar-refractivity contribution in [2.75, 3.05) is 6.61 Å². The summed E-state index contributed by atoms with van der Waals surface area (Å²) in [5.41, 5.74) is 0. The van der Waals surface area contributed by atoms with E-state index in [1.165, 1.54) is 289 Å². The minimum atomic E-state index is -0.841. The first kappa shape index (κ1) is 72.1. The highest BCUT2D eigenvalue weighted by atomic mass is 16.3. The van der Waals surface area contributed by atoms with Crippen LogP contribution in [0.5, 0.6) is 0 Å². The number of hydrogen-bond acceptors (Lipinski definition) is 3. The molecule has 1 amide bonds. The van der Waals surface area contributed by atoms with E-state index in [-0.39, 0.29) is 12.5 Å². The van der Waals surface area contributed by atoms with Crippen LogP contribution in [-0.4, -0.2) is 34.9 Å². The zero-order valence-corrected chi connectivity index (χ0v) is 50.1. The molecule has 0 radical (unpaired) electrons. The smallest absolute Gasteiger partial charge is 0.220 e. The molecule has 74 heavy (non-hydrogen) atoms. The second-order valence-corrected chi connectivity index (χ2v) is 22.9. The summed E-state index contributed by atoms with van der Waals surface area (Å²) >= 11 is 0. The van der Waals surface area contributed by atoms with Crippen LogP contribution in [0.1, 0.15) is 361 Å². The molecule has 0 spiro atoms. The molecule has 0 aliphatic rings. The number of carbonyl (C=O) groups excluding carboxylic acids is 1. The molecule has 4 heteroatoms. The van der Waals surface area contributed by atoms with Gasteiger partial charge >= 0.3 is 0 Å². The Morgan fingerprint density at radius 1 is 0.338 bits per heavy atom. The maximum atomic E-state index is 12.5. The van der Waals surface area contributed by atoms with E-state index in [4.69, 9.17) is 0 Å². The molecule has 4 nitrogen and oxygen atoms in total. The number of rotatable bonds is 62. The lowest BCUT2D eigenvalue weighted by atomic mass is 10.0. The second-order valence-electron chi connectivity index (χ2n) is 22.9. The number of amides is 1. The third-order valence-electron chi connectivity index (χ3n) is 15.5. The van der Waals surface area contributed by atoms with Crippen molar-refractivity contribution in [3.8, 4) is 0 Å². The summed E-state index contributed by atoms with van der Waals surface area (Å²) < 4.78 is 0. The number of allylic oxidation sites excluding steroid dienone is 9. The highest BCUT2D eigenvalue weighted by molar-refractivity contribution is 5.76. The van der Waals surface area contributed by atoms with E-state index in [0.717, 1.165) is 51.4 Å². The van der Waals surface area contributed by atoms with Crippen LogP contribution in [-0.2, 0) is 4.79 Å². The standard InChI is InChI=1S/C70H131NO3/c1-3-5-7-9-11-13-15-17-19-21-23-25-27-29-31-33-34-35-36-38-40-42-44-46-48-50-52-54-56-58-60-62-64-66-70(74)71-68(67-72)69(73)65-63-61-59-57-55-53-51-49-47-45-43-41-39-37-32-30-28-26-24-22-20-18-16-14-12-10-8-6-4-2/h5,7,11,13,17,19,23,25,63,65,68-69,72-73H,3-4,6,8-10,12,14-16,18,20-22,24,26-62,64,66-67H2,1-2H3,(H,71,74)/b7-5-,13-11-,19-17-,25-23-,65-63+. The Morgan fingerprint density at radius 3 is 0.892 bits per heavy atom. The van der Waals surface area contributed by atoms with Gasteiger partial charge in [-0.25, -0.2) is 0 Å². The van der Waals surface area contributed by atoms with Gasteiger partial charge in [0.05, 0.1) is 18.8 Å². The van der Waals surface area contributed by atoms with Crippen LogP contribution in [0.2, 0.25) is 0 Å². The highest BCUT2D eigenvalue weighted by Crippen LogP contribution is 2.19. The van der Waals surface area contributed by atoms with Gasteiger partial charge in [-0.2, -0.15) is 0 Å². The summed E-state index contributed by atoms with van der Waals surface area (Å²) in [6.07, 6.45) is 93.0. The third kappa shape index (κ3) is 60.9. The average Bonchev–Trinajstić information content (AvgIpc) is 3.40. The van der Waals surface area contributed by atoms with Crippen molar-refractivity contribution in [3.05, 3.63) is 60.8 Å². The van der Waals surface area contributed by atoms with Crippen LogP contribution in [0, 0.1) is 0 Å². The van der Waals surface area contributed by atoms with Gasteiger partial charge in [-0.1, -0.05) is 357 Å². The van der Waals surface area contributed by atoms with Crippen LogP contribution in [0.25, 0.3) is 0 Å². The number of hydrogen-bond donors (Lipinski definition) is 3. The van der Waals surface area contributed by atoms with Crippen LogP contribution in [0.15, 0.2) is 60.8 Å². The predicted molar refractivity (Wildman–Crippen MR) is 331 cm³/mol. The van der Waals surface area contributed by atoms with Crippen molar-refractivity contribution in [1.82, 2.24) is 5.32 Å². The molecule has 0 aliphatic heterocycles. The Morgan fingerprint density at radius 2 is 0.595 bits per heavy atom. The molecule has 0 aromatic heterocycles. The fourth-order valence-corrected chi connectivity index (χ4v) is 10.5. The molecule has 2 unspecified atom stereocenters. The number of aliphatic hydroxyl groups is 2. The van der Waals surface area contributed by atoms with Crippen LogP contribution in [0.3, 0.4) is 0 Å². The van der Waals surface area contributed by atoms with Crippen molar-refractivity contribution in [2.45, 2.75) is 373 Å². The quantitative estimate of drug-likeness (QED) is 0.0420. The van der Waals surface area contributed by atoms with Gasteiger partial charge in [0, 0.05) is 6.42 Å². The normalized spacial score (nSPS) is 13.1. The van der Waals surface area contributed by atoms with Gasteiger partial charge in [0.1, 0.15) is 0 Å². The van der Waals surface area contributed by atoms with Gasteiger partial charge in [-0.15, -0.1) is 0 Å². The van der Waals surface area contributed by atoms with E-state index in [1.54, 1.807) is 6.08 Å². The first-order chi connectivity index (χ1) is 36.7. The molecule has 3 N–H and O–H groups in total. The fraction of sp³-hybridized carbons (Fsp3) is 0.843. The Hall–Kier alpha value is -1.91. The molecule has 0 saturated heterocycles. The molecular formula is C70H131NO3. The number of carbonyl (C=O) groups is 1. The van der Waals surface area contributed by atoms with E-state index < -0.39 is 12.1 Å². The molecule has 0 saturated carbocycles. The largest absolute Gasteiger partial charge is 0.394 e. The Balaban J connectivity index is 3.44. The van der Waals surface area contributed by atoms with Gasteiger partial charge in [0.2, 0.25) is 5.91 Å². The molecule has 0 aromatic rings. The maximum Gasteiger partial charge on any atom is 0.220 e. The Bertz CT molecular complexity index is 1220. The van der Waals surface area contributed by atoms with E-state index in [0.29, 0.717) is 6.42 Å². The van der Waals surface area contributed by atoms with Crippen LogP contribution in [0.4, 0.5) is 0 Å². The van der Waals surface area contributed by atoms with Crippen LogP contribution < -0.4 is 5.32 Å². The summed E-state index contributed by atoms with van der Waals surface area (Å²) in [5.74, 6) is -0.0579. The molecule has 0 bridgehead atoms. The summed E-state index contributed by atoms with van der Waals surface area (Å²) in [7, 11) is 0. The summed E-state index contributed by atoms with van der Waals surface area (Å²) in [4.78, 5) is 12.5. The van der Waals surface area contributed by atoms with Crippen molar-refractivity contribution >= 4 is 5.91 Å². The molecule has 2 atom stereocenters. The molecule has 0 heterocycles. The zero-order chi connectivity index (χ0) is 53.4. The fourth-order valence-electron chi connectivity index (χ4n) is 10.5. The average molecular weight is 1030 g/mol. The monoisotopic (exact) mass is 1030 g/mol. The van der Waals surface area contributed by atoms with Gasteiger partial charge in [0.15, 0.2) is 0 Å². The van der Waals surface area contributed by atoms with E-state index >= 15 is 0 Å². The lowest BCUT2D eigenvalue weighted by molar-refractivity contribution is -0.123. The SMILES string of the molecule is CC/C=C\C/C=C\C/C=C\C/C=C\CCCCCCCCCCCCCCCCCCCCCCC(=O)NC(CO)C(O)/C=C/CCCCCCCCCCCCCCCCCCCCCCCCCCCCC. The summed E-state index contributed by atoms with van der Waals surface area (Å²) in [5, 5.41) is 23.3. The highest BCUT2D eigenvalue weighted by Gasteiger charge is 2.18. The van der Waals surface area contributed by atoms with E-state index in [9.17, 15) is 15.0 Å². The minimum absolute atomic E-state index is 0.0579. The molecule has 0 rings (SSSR count). The van der Waals surface area contributed by atoms with Crippen molar-refractivity contribution in [3.63, 3.8) is 0 Å². The molecule has 434 valence electrons. The number of nitrogens with one attached hydrogen (secondary N) is 1. The molecule has 0 aliphatic carbocycles. The van der Waals surface area contributed by atoms with E-state index in [2.05, 4.69) is 67.8 Å². The lowest BCUT2D eigenvalue weighted by Gasteiger charge is -2.20. The zero-order valence-electron chi connectivity index (χ0n) is 50.1. The molecule has 0 fully saturated rings. The topological polar surface area (TPSA) is 69.6 Å². The maximum absolute atomic E-state index is 12.5. The van der Waals surface area contributed by atoms with Gasteiger partial charge in [-0.3, -0.25) is 4.79 Å². The summed E-state index contributed by atoms with van der Waals surface area (Å²) in [6, 6.07) is -0.624. The van der Waals surface area contributed by atoms with Crippen molar-refractivity contribution in [1.29, 1.82) is 0 Å². The number of unbranched alkanes of at least 4 members (excludes halogenated alkanes) is 47. The van der Waals surface area contributed by atoms with E-state index in [1.807, 2.05) is 6.08 Å². The van der Waals surface area contributed by atoms with Gasteiger partial charge in [-0.05, 0) is 57.8 Å².